The van der Waals surface area contributed by atoms with Crippen LogP contribution in [0.1, 0.15) is 20.8 Å². The molecule has 0 fully saturated rings. The third kappa shape index (κ3) is 5.30. The summed E-state index contributed by atoms with van der Waals surface area (Å²) >= 11 is 0. The maximum Gasteiger partial charge on any atom is 0.218 e. The van der Waals surface area contributed by atoms with E-state index in [4.69, 9.17) is 0 Å². The van der Waals surface area contributed by atoms with Crippen molar-refractivity contribution in [2.45, 2.75) is 26.9 Å². The highest BCUT2D eigenvalue weighted by Crippen LogP contribution is 1.72. The molecular weight excluding hydrogens is 116 g/mol. The van der Waals surface area contributed by atoms with Crippen LogP contribution in [0.15, 0.2) is 0 Å². The lowest BCUT2D eigenvalue weighted by Gasteiger charge is -2.11. The van der Waals surface area contributed by atoms with Gasteiger partial charge in [-0.15, -0.1) is 0 Å². The van der Waals surface area contributed by atoms with Gasteiger partial charge in [0.05, 0.1) is 6.17 Å². The fourth-order valence-corrected chi connectivity index (χ4v) is 0.662. The molecule has 0 spiro atoms. The number of rotatable bonds is 3. The fraction of sp³-hybridized carbons (Fsp3) is 0.833. The lowest BCUT2D eigenvalue weighted by molar-refractivity contribution is -0.119. The maximum atomic E-state index is 10.4. The van der Waals surface area contributed by atoms with Gasteiger partial charge < -0.3 is 5.32 Å². The Balaban J connectivity index is 3.26. The molecule has 0 bridgehead atoms. The topological polar surface area (TPSA) is 41.1 Å². The van der Waals surface area contributed by atoms with Crippen LogP contribution in [0, 0.1) is 0 Å². The number of amides is 1. The molecule has 1 unspecified atom stereocenters. The van der Waals surface area contributed by atoms with Gasteiger partial charge in [-0.05, 0) is 13.5 Å². The van der Waals surface area contributed by atoms with E-state index in [-0.39, 0.29) is 12.1 Å². The van der Waals surface area contributed by atoms with Crippen molar-refractivity contribution in [3.8, 4) is 0 Å². The molecule has 0 saturated carbocycles. The lowest BCUT2D eigenvalue weighted by atomic mass is 10.5. The fourth-order valence-electron chi connectivity index (χ4n) is 0.662. The molecule has 0 aromatic heterocycles. The Morgan fingerprint density at radius 1 is 1.67 bits per heavy atom. The zero-order valence-electron chi connectivity index (χ0n) is 6.19. The number of carbonyl (C=O) groups is 1. The molecule has 0 heterocycles. The average Bonchev–Trinajstić information content (AvgIpc) is 1.63. The first kappa shape index (κ1) is 8.43. The van der Waals surface area contributed by atoms with E-state index in [1.165, 1.54) is 6.92 Å². The first-order valence-electron chi connectivity index (χ1n) is 3.17. The van der Waals surface area contributed by atoms with E-state index in [0.29, 0.717) is 0 Å². The molecule has 0 aliphatic carbocycles. The van der Waals surface area contributed by atoms with Crippen LogP contribution in [0.25, 0.3) is 0 Å². The predicted molar refractivity (Wildman–Crippen MR) is 37.0 cm³/mol. The zero-order chi connectivity index (χ0) is 7.28. The minimum atomic E-state index is 0.00319. The smallest absolute Gasteiger partial charge is 0.218 e. The second kappa shape index (κ2) is 4.32. The maximum absolute atomic E-state index is 10.4. The molecule has 3 heteroatoms. The van der Waals surface area contributed by atoms with E-state index < -0.39 is 0 Å². The van der Waals surface area contributed by atoms with Gasteiger partial charge in [-0.2, -0.15) is 0 Å². The van der Waals surface area contributed by atoms with Crippen molar-refractivity contribution in [3.63, 3.8) is 0 Å². The summed E-state index contributed by atoms with van der Waals surface area (Å²) in [6, 6.07) is 0. The Morgan fingerprint density at radius 3 is 2.56 bits per heavy atom. The van der Waals surface area contributed by atoms with Gasteiger partial charge in [0.25, 0.3) is 0 Å². The van der Waals surface area contributed by atoms with Crippen LogP contribution < -0.4 is 10.6 Å². The monoisotopic (exact) mass is 130 g/mol. The van der Waals surface area contributed by atoms with E-state index in [9.17, 15) is 4.79 Å². The van der Waals surface area contributed by atoms with Gasteiger partial charge in [-0.1, -0.05) is 6.92 Å². The minimum Gasteiger partial charge on any atom is -0.341 e. The van der Waals surface area contributed by atoms with Crippen LogP contribution >= 0.6 is 0 Å². The summed E-state index contributed by atoms with van der Waals surface area (Å²) in [5, 5.41) is 5.74. The van der Waals surface area contributed by atoms with Crippen LogP contribution in [-0.2, 0) is 4.79 Å². The lowest BCUT2D eigenvalue weighted by Crippen LogP contribution is -2.41. The summed E-state index contributed by atoms with van der Waals surface area (Å²) < 4.78 is 0. The predicted octanol–water partition coefficient (Wildman–Crippen LogP) is 0.0780. The molecule has 0 rings (SSSR count). The molecule has 0 aromatic rings. The quantitative estimate of drug-likeness (QED) is 0.531. The van der Waals surface area contributed by atoms with Crippen LogP contribution in [0.2, 0.25) is 0 Å². The van der Waals surface area contributed by atoms with Crippen molar-refractivity contribution >= 4 is 5.91 Å². The largest absolute Gasteiger partial charge is 0.341 e. The van der Waals surface area contributed by atoms with Gasteiger partial charge in [0.2, 0.25) is 5.91 Å². The molecule has 0 saturated heterocycles. The van der Waals surface area contributed by atoms with Crippen LogP contribution in [0.5, 0.6) is 0 Å². The molecule has 54 valence electrons. The molecule has 0 radical (unpaired) electrons. The minimum absolute atomic E-state index is 0.00319. The van der Waals surface area contributed by atoms with Gasteiger partial charge in [0.1, 0.15) is 0 Å². The van der Waals surface area contributed by atoms with Gasteiger partial charge in [-0.3, -0.25) is 10.1 Å². The number of carbonyl (C=O) groups excluding carboxylic acids is 1. The van der Waals surface area contributed by atoms with Crippen molar-refractivity contribution in [1.82, 2.24) is 10.6 Å². The number of hydrogen-bond donors (Lipinski definition) is 2. The van der Waals surface area contributed by atoms with E-state index in [0.717, 1.165) is 6.54 Å². The third-order valence-electron chi connectivity index (χ3n) is 0.930. The molecule has 9 heavy (non-hydrogen) atoms. The standard InChI is InChI=1S/C6H14N2O/c1-4-7-5(2)8-6(3)9/h5,7H,4H2,1-3H3,(H,8,9). The number of hydrogen-bond acceptors (Lipinski definition) is 2. The third-order valence-corrected chi connectivity index (χ3v) is 0.930. The summed E-state index contributed by atoms with van der Waals surface area (Å²) in [6.07, 6.45) is 0.0903. The van der Waals surface area contributed by atoms with Gasteiger partial charge in [-0.25, -0.2) is 0 Å². The van der Waals surface area contributed by atoms with Crippen molar-refractivity contribution in [3.05, 3.63) is 0 Å². The highest BCUT2D eigenvalue weighted by Gasteiger charge is 1.97. The molecule has 1 atom stereocenters. The molecule has 0 aliphatic rings. The first-order chi connectivity index (χ1) is 4.16. The van der Waals surface area contributed by atoms with Crippen molar-refractivity contribution in [2.24, 2.45) is 0 Å². The van der Waals surface area contributed by atoms with Gasteiger partial charge in [0.15, 0.2) is 0 Å². The van der Waals surface area contributed by atoms with Crippen molar-refractivity contribution in [2.75, 3.05) is 6.54 Å². The van der Waals surface area contributed by atoms with Crippen molar-refractivity contribution in [1.29, 1.82) is 0 Å². The highest BCUT2D eigenvalue weighted by atomic mass is 16.1. The first-order valence-corrected chi connectivity index (χ1v) is 3.17. The summed E-state index contributed by atoms with van der Waals surface area (Å²) in [5.41, 5.74) is 0. The van der Waals surface area contributed by atoms with Crippen LogP contribution in [0.4, 0.5) is 0 Å². The van der Waals surface area contributed by atoms with Gasteiger partial charge >= 0.3 is 0 Å². The molecule has 0 aliphatic heterocycles. The molecular formula is C6H14N2O. The molecule has 2 N–H and O–H groups in total. The molecule has 1 amide bonds. The Hall–Kier alpha value is -0.570. The summed E-state index contributed by atoms with van der Waals surface area (Å²) in [7, 11) is 0. The molecule has 0 aromatic carbocycles. The SMILES string of the molecule is CCNC(C)NC(C)=O. The second-order valence-electron chi connectivity index (χ2n) is 1.98. The van der Waals surface area contributed by atoms with Gasteiger partial charge in [0, 0.05) is 6.92 Å². The van der Waals surface area contributed by atoms with E-state index in [1.54, 1.807) is 0 Å². The summed E-state index contributed by atoms with van der Waals surface area (Å²) in [4.78, 5) is 10.4. The van der Waals surface area contributed by atoms with E-state index >= 15 is 0 Å². The average molecular weight is 130 g/mol. The molecule has 3 nitrogen and oxygen atoms in total. The summed E-state index contributed by atoms with van der Waals surface area (Å²) in [6.45, 7) is 6.29. The Morgan fingerprint density at radius 2 is 2.22 bits per heavy atom. The zero-order valence-corrected chi connectivity index (χ0v) is 6.19. The van der Waals surface area contributed by atoms with Crippen LogP contribution in [0.3, 0.4) is 0 Å². The summed E-state index contributed by atoms with van der Waals surface area (Å²) in [5.74, 6) is 0.00319. The second-order valence-corrected chi connectivity index (χ2v) is 1.98. The Labute approximate surface area is 55.8 Å². The van der Waals surface area contributed by atoms with Crippen LogP contribution in [-0.4, -0.2) is 18.6 Å². The van der Waals surface area contributed by atoms with E-state index in [1.807, 2.05) is 13.8 Å². The highest BCUT2D eigenvalue weighted by molar-refractivity contribution is 5.73. The van der Waals surface area contributed by atoms with E-state index in [2.05, 4.69) is 10.6 Å². The van der Waals surface area contributed by atoms with Crippen molar-refractivity contribution < 1.29 is 4.79 Å². The Bertz CT molecular complexity index is 93.1. The Kier molecular flexibility index (Phi) is 4.05. The normalized spacial score (nSPS) is 12.8. The number of nitrogens with one attached hydrogen (secondary N) is 2.